The van der Waals surface area contributed by atoms with E-state index in [-0.39, 0.29) is 54.8 Å². The molecule has 1 fully saturated rings. The lowest BCUT2D eigenvalue weighted by Gasteiger charge is -2.39. The third kappa shape index (κ3) is 7.44. The molecule has 8 rings (SSSR count). The van der Waals surface area contributed by atoms with Crippen LogP contribution in [0.2, 0.25) is 18.6 Å². The number of carbonyl (C=O) groups excluding carboxylic acids is 3. The van der Waals surface area contributed by atoms with Gasteiger partial charge in [0.1, 0.15) is 11.5 Å². The number of carbonyl (C=O) groups is 3. The number of methoxy groups -OCH3 is 2. The van der Waals surface area contributed by atoms with Gasteiger partial charge in [0.15, 0.2) is 5.60 Å². The molecule has 3 heterocycles. The minimum atomic E-state index is -2.53. The highest BCUT2D eigenvalue weighted by molar-refractivity contribution is 9.10. The summed E-state index contributed by atoms with van der Waals surface area (Å²) in [6, 6.07) is 36.2. The van der Waals surface area contributed by atoms with E-state index < -0.39 is 19.8 Å². The van der Waals surface area contributed by atoms with E-state index in [4.69, 9.17) is 14.2 Å². The Morgan fingerprint density at radius 3 is 2.20 bits per heavy atom. The van der Waals surface area contributed by atoms with Gasteiger partial charge in [-0.25, -0.2) is 0 Å². The molecule has 1 spiro atoms. The number of benzene rings is 5. The molecular weight excluding hydrogens is 839 g/mol. The fourth-order valence-corrected chi connectivity index (χ4v) is 14.2. The summed E-state index contributed by atoms with van der Waals surface area (Å²) < 4.78 is 18.8. The number of aliphatic hydroxyl groups is 1. The van der Waals surface area contributed by atoms with Crippen molar-refractivity contribution in [2.45, 2.75) is 69.2 Å². The van der Waals surface area contributed by atoms with Crippen molar-refractivity contribution in [3.63, 3.8) is 0 Å². The smallest absolute Gasteiger partial charge is 0.264 e. The second kappa shape index (κ2) is 16.6. The number of aliphatic hydroxyl groups excluding tert-OH is 1. The first-order chi connectivity index (χ1) is 28.9. The summed E-state index contributed by atoms with van der Waals surface area (Å²) >= 11 is 3.70. The average molecular weight is 889 g/mol. The van der Waals surface area contributed by atoms with Crippen LogP contribution in [0.15, 0.2) is 120 Å². The monoisotopic (exact) mass is 887 g/mol. The SMILES string of the molecule is COc1ccc(C(=O)Nc2ccc(CN3C(=O)[C@@]4(O[C@@H](CC(=O)N5Cc6ccccc6C[C@H]5CO)[C@H]([Si](C)(C)c5ccc(OC)cc5)[C@H]4C)c4cc(Br)ccc43)cc2)cc1. The van der Waals surface area contributed by atoms with Crippen molar-refractivity contribution < 1.29 is 33.7 Å². The standard InChI is InChI=1S/C48H50BrN3O7Si/c1-30-45(60(4,5)40-21-19-39(58-3)20-22-40)43(26-44(54)51-28-34-9-7-6-8-33(34)24-37(51)29-53)59-48(30)41-25-35(49)14-23-42(41)52(47(48)56)27-31-10-15-36(16-11-31)50-46(55)32-12-17-38(57-2)18-13-32/h6-23,25,30,37,43,45,53H,24,26-29H2,1-5H3,(H,50,55)/t30-,37+,43+,45-,48+/m1/s1. The van der Waals surface area contributed by atoms with Crippen molar-refractivity contribution in [1.82, 2.24) is 4.90 Å². The Morgan fingerprint density at radius 1 is 0.900 bits per heavy atom. The quantitative estimate of drug-likeness (QED) is 0.130. The van der Waals surface area contributed by atoms with Gasteiger partial charge in [0.25, 0.3) is 11.8 Å². The molecule has 0 aromatic heterocycles. The Labute approximate surface area is 360 Å². The van der Waals surface area contributed by atoms with Crippen LogP contribution in [0, 0.1) is 5.92 Å². The highest BCUT2D eigenvalue weighted by Crippen LogP contribution is 2.60. The fraction of sp³-hybridized carbons (Fsp3) is 0.312. The number of ether oxygens (including phenoxy) is 3. The first kappa shape index (κ1) is 41.5. The average Bonchev–Trinajstić information content (AvgIpc) is 3.68. The van der Waals surface area contributed by atoms with Crippen LogP contribution in [-0.4, -0.2) is 68.8 Å². The van der Waals surface area contributed by atoms with Crippen LogP contribution in [0.25, 0.3) is 0 Å². The molecule has 3 aliphatic heterocycles. The van der Waals surface area contributed by atoms with Gasteiger partial charge in [-0.1, -0.05) is 89.7 Å². The van der Waals surface area contributed by atoms with Gasteiger partial charge in [-0.2, -0.15) is 0 Å². The summed E-state index contributed by atoms with van der Waals surface area (Å²) in [7, 11) is 0.697. The Hall–Kier alpha value is -5.27. The predicted molar refractivity (Wildman–Crippen MR) is 238 cm³/mol. The lowest BCUT2D eigenvalue weighted by molar-refractivity contribution is -0.151. The molecule has 60 heavy (non-hydrogen) atoms. The van der Waals surface area contributed by atoms with Crippen LogP contribution in [0.4, 0.5) is 11.4 Å². The van der Waals surface area contributed by atoms with E-state index in [1.165, 1.54) is 5.19 Å². The second-order valence-electron chi connectivity index (χ2n) is 16.6. The number of amides is 3. The summed E-state index contributed by atoms with van der Waals surface area (Å²) in [6.07, 6.45) is 0.0598. The van der Waals surface area contributed by atoms with Crippen LogP contribution in [0.1, 0.15) is 46.0 Å². The summed E-state index contributed by atoms with van der Waals surface area (Å²) in [5.41, 5.74) is 4.25. The molecule has 0 bridgehead atoms. The molecule has 5 aromatic carbocycles. The number of hydrogen-bond acceptors (Lipinski definition) is 7. The van der Waals surface area contributed by atoms with Crippen molar-refractivity contribution >= 4 is 58.3 Å². The van der Waals surface area contributed by atoms with Crippen molar-refractivity contribution in [2.75, 3.05) is 31.0 Å². The lowest BCUT2D eigenvalue weighted by atomic mass is 9.82. The molecule has 3 amide bonds. The van der Waals surface area contributed by atoms with Crippen molar-refractivity contribution in [1.29, 1.82) is 0 Å². The van der Waals surface area contributed by atoms with Gasteiger partial charge in [-0.15, -0.1) is 0 Å². The fourth-order valence-electron chi connectivity index (χ4n) is 9.80. The van der Waals surface area contributed by atoms with E-state index in [2.05, 4.69) is 59.5 Å². The molecule has 10 nitrogen and oxygen atoms in total. The van der Waals surface area contributed by atoms with Crippen LogP contribution in [0.5, 0.6) is 11.5 Å². The number of anilines is 2. The maximum atomic E-state index is 15.4. The minimum absolute atomic E-state index is 0.0718. The third-order valence-electron chi connectivity index (χ3n) is 13.0. The van der Waals surface area contributed by atoms with Gasteiger partial charge in [0.2, 0.25) is 5.91 Å². The van der Waals surface area contributed by atoms with E-state index in [0.717, 1.165) is 38.2 Å². The van der Waals surface area contributed by atoms with E-state index in [1.807, 2.05) is 72.8 Å². The van der Waals surface area contributed by atoms with E-state index in [9.17, 15) is 14.7 Å². The Morgan fingerprint density at radius 2 is 1.55 bits per heavy atom. The van der Waals surface area contributed by atoms with Gasteiger partial charge < -0.3 is 34.4 Å². The topological polar surface area (TPSA) is 118 Å². The second-order valence-corrected chi connectivity index (χ2v) is 22.2. The van der Waals surface area contributed by atoms with Gasteiger partial charge >= 0.3 is 0 Å². The Kier molecular flexibility index (Phi) is 11.5. The number of rotatable bonds is 11. The Balaban J connectivity index is 1.11. The Bertz CT molecular complexity index is 2410. The first-order valence-corrected chi connectivity index (χ1v) is 24.2. The lowest BCUT2D eigenvalue weighted by Crippen LogP contribution is -2.52. The molecule has 5 atom stereocenters. The molecule has 310 valence electrons. The van der Waals surface area contributed by atoms with E-state index in [0.29, 0.717) is 30.0 Å². The predicted octanol–water partition coefficient (Wildman–Crippen LogP) is 7.82. The van der Waals surface area contributed by atoms with Gasteiger partial charge in [-0.3, -0.25) is 14.4 Å². The molecule has 0 radical (unpaired) electrons. The number of halogens is 1. The molecule has 2 N–H and O–H groups in total. The maximum absolute atomic E-state index is 15.4. The molecule has 1 saturated heterocycles. The normalized spacial score (nSPS) is 22.1. The van der Waals surface area contributed by atoms with Crippen molar-refractivity contribution in [3.05, 3.63) is 148 Å². The van der Waals surface area contributed by atoms with Gasteiger partial charge in [0, 0.05) is 33.7 Å². The summed E-state index contributed by atoms with van der Waals surface area (Å²) in [6.45, 7) is 7.26. The van der Waals surface area contributed by atoms with Gasteiger partial charge in [-0.05, 0) is 95.4 Å². The molecule has 0 aliphatic carbocycles. The summed E-state index contributed by atoms with van der Waals surface area (Å²) in [5.74, 6) is 0.613. The number of nitrogens with one attached hydrogen (secondary N) is 1. The summed E-state index contributed by atoms with van der Waals surface area (Å²) in [5, 5.41) is 14.6. The molecular formula is C48H50BrN3O7Si. The first-order valence-electron chi connectivity index (χ1n) is 20.3. The molecule has 3 aliphatic rings. The van der Waals surface area contributed by atoms with Crippen LogP contribution in [-0.2, 0) is 39.4 Å². The maximum Gasteiger partial charge on any atom is 0.264 e. The molecule has 5 aromatic rings. The number of fused-ring (bicyclic) bond motifs is 3. The van der Waals surface area contributed by atoms with E-state index >= 15 is 4.79 Å². The largest absolute Gasteiger partial charge is 0.497 e. The third-order valence-corrected chi connectivity index (χ3v) is 17.8. The molecule has 0 unspecified atom stereocenters. The van der Waals surface area contributed by atoms with Crippen LogP contribution in [0.3, 0.4) is 0 Å². The van der Waals surface area contributed by atoms with E-state index in [1.54, 1.807) is 48.3 Å². The van der Waals surface area contributed by atoms with Crippen molar-refractivity contribution in [2.24, 2.45) is 5.92 Å². The highest BCUT2D eigenvalue weighted by Gasteiger charge is 2.66. The van der Waals surface area contributed by atoms with Gasteiger partial charge in [0.05, 0.1) is 59.7 Å². The minimum Gasteiger partial charge on any atom is -0.497 e. The zero-order chi connectivity index (χ0) is 42.3. The molecule has 0 saturated carbocycles. The summed E-state index contributed by atoms with van der Waals surface area (Å²) in [4.78, 5) is 46.6. The number of hydrogen-bond donors (Lipinski definition) is 2. The highest BCUT2D eigenvalue weighted by atomic mass is 79.9. The van der Waals surface area contributed by atoms with Crippen molar-refractivity contribution in [3.8, 4) is 11.5 Å². The zero-order valence-corrected chi connectivity index (χ0v) is 37.1. The van der Waals surface area contributed by atoms with Crippen LogP contribution < -0.4 is 24.9 Å². The zero-order valence-electron chi connectivity index (χ0n) is 34.5. The van der Waals surface area contributed by atoms with Crippen LogP contribution >= 0.6 is 15.9 Å². The number of nitrogens with zero attached hydrogens (tertiary/aromatic N) is 2. The molecule has 12 heteroatoms.